The predicted octanol–water partition coefficient (Wildman–Crippen LogP) is 4.15. The Morgan fingerprint density at radius 1 is 0.826 bits per heavy atom. The van der Waals surface area contributed by atoms with Gasteiger partial charge in [-0.15, -0.1) is 0 Å². The summed E-state index contributed by atoms with van der Waals surface area (Å²) in [5, 5.41) is 9.15. The average molecular weight is 330 g/mol. The highest BCUT2D eigenvalue weighted by atomic mass is 16.5. The Morgan fingerprint density at radius 3 is 2.04 bits per heavy atom. The van der Waals surface area contributed by atoms with E-state index in [0.29, 0.717) is 13.0 Å². The molecular weight excluding hydrogens is 290 g/mol. The number of hydrogen-bond acceptors (Lipinski definition) is 4. The molecule has 4 heteroatoms. The fourth-order valence-electron chi connectivity index (χ4n) is 2.60. The van der Waals surface area contributed by atoms with Crippen LogP contribution in [0.3, 0.4) is 0 Å². The maximum Gasteiger partial charge on any atom is 0.305 e. The van der Waals surface area contributed by atoms with E-state index in [9.17, 15) is 4.79 Å². The molecule has 0 saturated carbocycles. The van der Waals surface area contributed by atoms with Gasteiger partial charge in [0.05, 0.1) is 13.2 Å². The SMILES string of the molecule is CCCCCCCN(CCO)CCCCCC(=O)OCCCC. The van der Waals surface area contributed by atoms with Crippen LogP contribution in [0.15, 0.2) is 0 Å². The molecule has 1 N–H and O–H groups in total. The highest BCUT2D eigenvalue weighted by molar-refractivity contribution is 5.69. The topological polar surface area (TPSA) is 49.8 Å². The number of unbranched alkanes of at least 4 members (excludes halogenated alkanes) is 7. The second-order valence-corrected chi connectivity index (χ2v) is 6.36. The minimum atomic E-state index is -0.0541. The molecule has 0 aromatic rings. The van der Waals surface area contributed by atoms with Crippen LogP contribution in [-0.2, 0) is 9.53 Å². The summed E-state index contributed by atoms with van der Waals surface area (Å²) in [5.41, 5.74) is 0. The van der Waals surface area contributed by atoms with E-state index >= 15 is 0 Å². The van der Waals surface area contributed by atoms with Crippen LogP contribution >= 0.6 is 0 Å². The van der Waals surface area contributed by atoms with Gasteiger partial charge in [-0.1, -0.05) is 52.4 Å². The molecule has 23 heavy (non-hydrogen) atoms. The average Bonchev–Trinajstić information content (AvgIpc) is 2.54. The van der Waals surface area contributed by atoms with Crippen LogP contribution in [0.5, 0.6) is 0 Å². The van der Waals surface area contributed by atoms with E-state index in [0.717, 1.165) is 51.7 Å². The third-order valence-corrected chi connectivity index (χ3v) is 4.11. The Labute approximate surface area is 143 Å². The molecule has 0 bridgehead atoms. The maximum atomic E-state index is 11.5. The zero-order valence-corrected chi connectivity index (χ0v) is 15.5. The molecule has 0 heterocycles. The molecule has 0 fully saturated rings. The van der Waals surface area contributed by atoms with E-state index in [-0.39, 0.29) is 12.6 Å². The standard InChI is InChI=1S/C19H39NO3/c1-3-5-7-8-11-14-20(16-17-21)15-12-9-10-13-19(22)23-18-6-4-2/h21H,3-18H2,1-2H3. The Kier molecular flexibility index (Phi) is 17.3. The lowest BCUT2D eigenvalue weighted by atomic mass is 10.1. The molecular formula is C19H39NO3. The van der Waals surface area contributed by atoms with Gasteiger partial charge in [0.2, 0.25) is 0 Å². The van der Waals surface area contributed by atoms with Crippen LogP contribution in [0.4, 0.5) is 0 Å². The smallest absolute Gasteiger partial charge is 0.305 e. The molecule has 0 aromatic heterocycles. The quantitative estimate of drug-likeness (QED) is 0.322. The number of aliphatic hydroxyl groups is 1. The van der Waals surface area contributed by atoms with E-state index in [2.05, 4.69) is 18.7 Å². The Hall–Kier alpha value is -0.610. The maximum absolute atomic E-state index is 11.5. The summed E-state index contributed by atoms with van der Waals surface area (Å²) in [4.78, 5) is 13.8. The fourth-order valence-corrected chi connectivity index (χ4v) is 2.60. The number of ether oxygens (including phenoxy) is 1. The van der Waals surface area contributed by atoms with Gasteiger partial charge in [0.25, 0.3) is 0 Å². The van der Waals surface area contributed by atoms with Crippen LogP contribution in [0.1, 0.15) is 84.5 Å². The molecule has 138 valence electrons. The van der Waals surface area contributed by atoms with Crippen molar-refractivity contribution < 1.29 is 14.6 Å². The van der Waals surface area contributed by atoms with Crippen molar-refractivity contribution in [2.24, 2.45) is 0 Å². The van der Waals surface area contributed by atoms with E-state index < -0.39 is 0 Å². The lowest BCUT2D eigenvalue weighted by molar-refractivity contribution is -0.143. The molecule has 4 nitrogen and oxygen atoms in total. The highest BCUT2D eigenvalue weighted by Gasteiger charge is 2.05. The molecule has 0 saturated heterocycles. The Bertz CT molecular complexity index is 259. The molecule has 0 rings (SSSR count). The third kappa shape index (κ3) is 16.0. The van der Waals surface area contributed by atoms with Gasteiger partial charge in [0.15, 0.2) is 0 Å². The van der Waals surface area contributed by atoms with Gasteiger partial charge in [-0.05, 0) is 38.8 Å². The fraction of sp³-hybridized carbons (Fsp3) is 0.947. The molecule has 0 aromatic carbocycles. The number of carbonyl (C=O) groups is 1. The minimum absolute atomic E-state index is 0.0541. The van der Waals surface area contributed by atoms with Crippen molar-refractivity contribution in [2.75, 3.05) is 32.8 Å². The van der Waals surface area contributed by atoms with Crippen molar-refractivity contribution >= 4 is 5.97 Å². The van der Waals surface area contributed by atoms with Crippen molar-refractivity contribution in [1.29, 1.82) is 0 Å². The van der Waals surface area contributed by atoms with Gasteiger partial charge in [0, 0.05) is 13.0 Å². The van der Waals surface area contributed by atoms with Crippen molar-refractivity contribution in [3.63, 3.8) is 0 Å². The van der Waals surface area contributed by atoms with Crippen LogP contribution in [-0.4, -0.2) is 48.8 Å². The summed E-state index contributed by atoms with van der Waals surface area (Å²) in [6.45, 7) is 8.01. The van der Waals surface area contributed by atoms with E-state index in [1.807, 2.05) is 0 Å². The molecule has 0 amide bonds. The summed E-state index contributed by atoms with van der Waals surface area (Å²) in [6, 6.07) is 0. The van der Waals surface area contributed by atoms with Crippen LogP contribution in [0.2, 0.25) is 0 Å². The Balaban J connectivity index is 3.57. The first kappa shape index (κ1) is 22.4. The summed E-state index contributed by atoms with van der Waals surface area (Å²) in [5.74, 6) is -0.0541. The second kappa shape index (κ2) is 17.7. The van der Waals surface area contributed by atoms with Gasteiger partial charge in [-0.3, -0.25) is 4.79 Å². The molecule has 0 spiro atoms. The summed E-state index contributed by atoms with van der Waals surface area (Å²) >= 11 is 0. The van der Waals surface area contributed by atoms with Gasteiger partial charge < -0.3 is 14.7 Å². The predicted molar refractivity (Wildman–Crippen MR) is 96.6 cm³/mol. The van der Waals surface area contributed by atoms with Gasteiger partial charge in [-0.2, -0.15) is 0 Å². The van der Waals surface area contributed by atoms with Crippen molar-refractivity contribution in [3.8, 4) is 0 Å². The number of carbonyl (C=O) groups excluding carboxylic acids is 1. The minimum Gasteiger partial charge on any atom is -0.466 e. The molecule has 0 unspecified atom stereocenters. The first-order valence-electron chi connectivity index (χ1n) is 9.73. The third-order valence-electron chi connectivity index (χ3n) is 4.11. The number of esters is 1. The van der Waals surface area contributed by atoms with E-state index in [1.165, 1.54) is 32.1 Å². The highest BCUT2D eigenvalue weighted by Crippen LogP contribution is 2.07. The van der Waals surface area contributed by atoms with E-state index in [1.54, 1.807) is 0 Å². The summed E-state index contributed by atoms with van der Waals surface area (Å²) in [7, 11) is 0. The zero-order valence-electron chi connectivity index (χ0n) is 15.5. The van der Waals surface area contributed by atoms with Gasteiger partial charge in [-0.25, -0.2) is 0 Å². The van der Waals surface area contributed by atoms with Gasteiger partial charge in [0.1, 0.15) is 0 Å². The van der Waals surface area contributed by atoms with Crippen molar-refractivity contribution in [1.82, 2.24) is 4.90 Å². The largest absolute Gasteiger partial charge is 0.466 e. The summed E-state index contributed by atoms with van der Waals surface area (Å²) < 4.78 is 5.15. The van der Waals surface area contributed by atoms with Crippen LogP contribution in [0, 0.1) is 0 Å². The monoisotopic (exact) mass is 329 g/mol. The number of hydrogen-bond donors (Lipinski definition) is 1. The first-order valence-corrected chi connectivity index (χ1v) is 9.73. The molecule has 0 aliphatic carbocycles. The first-order chi connectivity index (χ1) is 11.2. The molecule has 0 radical (unpaired) electrons. The van der Waals surface area contributed by atoms with Crippen molar-refractivity contribution in [3.05, 3.63) is 0 Å². The van der Waals surface area contributed by atoms with Crippen LogP contribution in [0.25, 0.3) is 0 Å². The van der Waals surface area contributed by atoms with Gasteiger partial charge >= 0.3 is 5.97 Å². The zero-order chi connectivity index (χ0) is 17.2. The number of nitrogens with zero attached hydrogens (tertiary/aromatic N) is 1. The number of aliphatic hydroxyl groups excluding tert-OH is 1. The molecule has 0 atom stereocenters. The van der Waals surface area contributed by atoms with E-state index in [4.69, 9.17) is 9.84 Å². The number of rotatable bonds is 17. The van der Waals surface area contributed by atoms with Crippen LogP contribution < -0.4 is 0 Å². The Morgan fingerprint density at radius 2 is 1.43 bits per heavy atom. The molecule has 0 aliphatic heterocycles. The molecule has 0 aliphatic rings. The lowest BCUT2D eigenvalue weighted by Crippen LogP contribution is -2.29. The normalized spacial score (nSPS) is 11.1. The lowest BCUT2D eigenvalue weighted by Gasteiger charge is -2.21. The van der Waals surface area contributed by atoms with Crippen molar-refractivity contribution in [2.45, 2.75) is 84.5 Å². The second-order valence-electron chi connectivity index (χ2n) is 6.36. The summed E-state index contributed by atoms with van der Waals surface area (Å²) in [6.07, 6.45) is 12.1.